The Morgan fingerprint density at radius 3 is 2.68 bits per heavy atom. The van der Waals surface area contributed by atoms with Crippen molar-refractivity contribution in [3.05, 3.63) is 65.2 Å². The quantitative estimate of drug-likeness (QED) is 0.533. The van der Waals surface area contributed by atoms with E-state index >= 15 is 0 Å². The van der Waals surface area contributed by atoms with Gasteiger partial charge in [0, 0.05) is 18.0 Å². The molecule has 2 bridgehead atoms. The number of fused-ring (bicyclic) bond motifs is 1. The number of hydrogen-bond acceptors (Lipinski definition) is 4. The minimum absolute atomic E-state index is 0.0534. The molecule has 2 aromatic carbocycles. The third-order valence-corrected chi connectivity index (χ3v) is 9.89. The molecule has 37 heavy (non-hydrogen) atoms. The van der Waals surface area contributed by atoms with Gasteiger partial charge in [-0.15, -0.1) is 0 Å². The largest absolute Gasteiger partial charge is 0.489 e. The minimum atomic E-state index is -0.835. The van der Waals surface area contributed by atoms with E-state index in [2.05, 4.69) is 12.1 Å². The predicted molar refractivity (Wildman–Crippen MR) is 140 cm³/mol. The summed E-state index contributed by atoms with van der Waals surface area (Å²) in [7, 11) is 0. The molecule has 5 atom stereocenters. The molecule has 1 N–H and O–H groups in total. The van der Waals surface area contributed by atoms with E-state index < -0.39 is 11.4 Å². The Morgan fingerprint density at radius 1 is 1.03 bits per heavy atom. The molecule has 0 radical (unpaired) electrons. The first-order valence-corrected chi connectivity index (χ1v) is 13.9. The number of carbonyl (C=O) groups is 2. The Morgan fingerprint density at radius 2 is 1.86 bits per heavy atom. The van der Waals surface area contributed by atoms with Gasteiger partial charge >= 0.3 is 12.1 Å². The summed E-state index contributed by atoms with van der Waals surface area (Å²) in [5.41, 5.74) is 2.89. The van der Waals surface area contributed by atoms with Crippen LogP contribution >= 0.6 is 0 Å². The number of carboxylic acid groups (broad SMARTS) is 1. The Kier molecular flexibility index (Phi) is 6.16. The predicted octanol–water partition coefficient (Wildman–Crippen LogP) is 6.10. The zero-order chi connectivity index (χ0) is 25.6. The molecule has 4 aliphatic rings. The number of benzene rings is 2. The van der Waals surface area contributed by atoms with Gasteiger partial charge in [-0.2, -0.15) is 0 Å². The molecule has 1 aliphatic heterocycles. The number of nitrogens with zero attached hydrogens (tertiary/aromatic N) is 1. The molecule has 3 aliphatic carbocycles. The lowest BCUT2D eigenvalue weighted by molar-refractivity contribution is -0.151. The van der Waals surface area contributed by atoms with Crippen molar-refractivity contribution >= 4 is 12.1 Å². The van der Waals surface area contributed by atoms with E-state index in [1.54, 1.807) is 0 Å². The number of likely N-dealkylation sites (tertiary alicyclic amines) is 1. The topological polar surface area (TPSA) is 76.1 Å². The maximum atomic E-state index is 13.3. The molecule has 0 spiro atoms. The summed E-state index contributed by atoms with van der Waals surface area (Å²) < 4.78 is 12.2. The number of piperidine rings is 1. The molecule has 6 nitrogen and oxygen atoms in total. The highest BCUT2D eigenvalue weighted by molar-refractivity contribution is 5.75. The van der Waals surface area contributed by atoms with Crippen LogP contribution in [0.2, 0.25) is 0 Å². The lowest BCUT2D eigenvalue weighted by Crippen LogP contribution is -2.62. The van der Waals surface area contributed by atoms with Gasteiger partial charge in [-0.3, -0.25) is 4.79 Å². The summed E-state index contributed by atoms with van der Waals surface area (Å²) in [5, 5.41) is 9.83. The van der Waals surface area contributed by atoms with E-state index in [0.29, 0.717) is 25.5 Å². The first kappa shape index (κ1) is 24.3. The third kappa shape index (κ3) is 4.09. The van der Waals surface area contributed by atoms with E-state index in [9.17, 15) is 14.7 Å². The first-order valence-electron chi connectivity index (χ1n) is 13.9. The molecule has 6 rings (SSSR count). The second kappa shape index (κ2) is 9.38. The first-order chi connectivity index (χ1) is 17.9. The second-order valence-corrected chi connectivity index (χ2v) is 11.8. The van der Waals surface area contributed by atoms with Gasteiger partial charge in [0.2, 0.25) is 0 Å². The number of amides is 1. The van der Waals surface area contributed by atoms with Crippen molar-refractivity contribution in [2.45, 2.75) is 88.9 Å². The molecule has 1 heterocycles. The number of hydrogen-bond donors (Lipinski definition) is 1. The van der Waals surface area contributed by atoms with Gasteiger partial charge in [-0.1, -0.05) is 49.2 Å². The molecule has 6 heteroatoms. The molecule has 2 aromatic rings. The van der Waals surface area contributed by atoms with Crippen LogP contribution in [0.5, 0.6) is 5.75 Å². The maximum Gasteiger partial charge on any atom is 0.410 e. The zero-order valence-corrected chi connectivity index (χ0v) is 21.7. The van der Waals surface area contributed by atoms with Crippen molar-refractivity contribution in [1.82, 2.24) is 4.90 Å². The van der Waals surface area contributed by atoms with Gasteiger partial charge in [-0.25, -0.2) is 4.79 Å². The van der Waals surface area contributed by atoms with Crippen LogP contribution in [0.1, 0.15) is 75.0 Å². The van der Waals surface area contributed by atoms with Crippen LogP contribution in [0.4, 0.5) is 4.79 Å². The molecule has 1 saturated heterocycles. The summed E-state index contributed by atoms with van der Waals surface area (Å²) >= 11 is 0. The van der Waals surface area contributed by atoms with Crippen LogP contribution in [0.15, 0.2) is 48.5 Å². The van der Waals surface area contributed by atoms with E-state index in [1.807, 2.05) is 48.2 Å². The van der Waals surface area contributed by atoms with Crippen LogP contribution in [-0.2, 0) is 28.0 Å². The summed E-state index contributed by atoms with van der Waals surface area (Å²) in [6.45, 7) is 2.82. The molecule has 2 unspecified atom stereocenters. The van der Waals surface area contributed by atoms with Gasteiger partial charge in [0.15, 0.2) is 0 Å². The lowest BCUT2D eigenvalue weighted by atomic mass is 9.52. The number of ether oxygens (including phenoxy) is 2. The Labute approximate surface area is 219 Å². The summed E-state index contributed by atoms with van der Waals surface area (Å²) in [4.78, 5) is 27.2. The van der Waals surface area contributed by atoms with Gasteiger partial charge in [0.05, 0.1) is 0 Å². The Hall–Kier alpha value is -3.02. The third-order valence-electron chi connectivity index (χ3n) is 9.89. The van der Waals surface area contributed by atoms with Crippen LogP contribution < -0.4 is 4.74 Å². The second-order valence-electron chi connectivity index (χ2n) is 11.8. The van der Waals surface area contributed by atoms with Crippen LogP contribution in [-0.4, -0.2) is 40.8 Å². The van der Waals surface area contributed by atoms with Crippen molar-refractivity contribution in [1.29, 1.82) is 0 Å². The number of carbonyl (C=O) groups excluding carboxylic acids is 1. The van der Waals surface area contributed by atoms with Crippen LogP contribution in [0.25, 0.3) is 0 Å². The molecule has 2 saturated carbocycles. The van der Waals surface area contributed by atoms with E-state index in [1.165, 1.54) is 24.0 Å². The monoisotopic (exact) mass is 503 g/mol. The van der Waals surface area contributed by atoms with Crippen molar-refractivity contribution in [3.8, 4) is 5.75 Å². The number of aliphatic carboxylic acids is 1. The standard InChI is InChI=1S/C31H37NO5/c1-30(28(33)34)14-7-11-27(30)37-23-13-12-22-18-26-24-10-5-6-15-31(24,25(22)19-23)16-17-32(26)29(35)36-20-21-8-3-2-4-9-21/h2-4,8-9,12-13,19,24,26-27H,5-7,10-11,14-18,20H2,1H3,(H,33,34)/t24-,26+,27?,30?,31+/m0/s1. The zero-order valence-electron chi connectivity index (χ0n) is 21.7. The van der Waals surface area contributed by atoms with Crippen molar-refractivity contribution in [2.24, 2.45) is 11.3 Å². The Balaban J connectivity index is 1.25. The summed E-state index contributed by atoms with van der Waals surface area (Å²) in [5.74, 6) is 0.436. The van der Waals surface area contributed by atoms with Crippen molar-refractivity contribution < 1.29 is 24.2 Å². The summed E-state index contributed by atoms with van der Waals surface area (Å²) in [6, 6.07) is 16.4. The van der Waals surface area contributed by atoms with Crippen LogP contribution in [0.3, 0.4) is 0 Å². The van der Waals surface area contributed by atoms with Crippen molar-refractivity contribution in [2.75, 3.05) is 6.54 Å². The fourth-order valence-electron chi connectivity index (χ4n) is 7.82. The maximum absolute atomic E-state index is 13.3. The van der Waals surface area contributed by atoms with E-state index in [-0.39, 0.29) is 23.7 Å². The number of rotatable bonds is 5. The molecule has 3 fully saturated rings. The highest BCUT2D eigenvalue weighted by atomic mass is 16.6. The van der Waals surface area contributed by atoms with Gasteiger partial charge < -0.3 is 19.5 Å². The SMILES string of the molecule is CC1(C(=O)O)CCCC1Oc1ccc2c(c1)[C@@]13CCCC[C@H]1[C@@H](C2)N(C(=O)OCc1ccccc1)CC3. The molecule has 1 amide bonds. The lowest BCUT2D eigenvalue weighted by Gasteiger charge is -2.58. The average molecular weight is 504 g/mol. The highest BCUT2D eigenvalue weighted by Gasteiger charge is 2.55. The van der Waals surface area contributed by atoms with E-state index in [0.717, 1.165) is 49.8 Å². The number of carboxylic acids is 1. The molecule has 0 aromatic heterocycles. The Bertz CT molecular complexity index is 1180. The van der Waals surface area contributed by atoms with Gasteiger partial charge in [0.25, 0.3) is 0 Å². The fraction of sp³-hybridized carbons (Fsp3) is 0.548. The molecular formula is C31H37NO5. The summed E-state index contributed by atoms with van der Waals surface area (Å²) in [6.07, 6.45) is 8.21. The van der Waals surface area contributed by atoms with Gasteiger partial charge in [0.1, 0.15) is 23.9 Å². The van der Waals surface area contributed by atoms with Gasteiger partial charge in [-0.05, 0) is 86.6 Å². The molecule has 196 valence electrons. The highest BCUT2D eigenvalue weighted by Crippen LogP contribution is 2.56. The average Bonchev–Trinajstić information content (AvgIpc) is 3.29. The minimum Gasteiger partial charge on any atom is -0.489 e. The van der Waals surface area contributed by atoms with Crippen LogP contribution in [0, 0.1) is 11.3 Å². The fourth-order valence-corrected chi connectivity index (χ4v) is 7.82. The van der Waals surface area contributed by atoms with Crippen molar-refractivity contribution in [3.63, 3.8) is 0 Å². The van der Waals surface area contributed by atoms with E-state index in [4.69, 9.17) is 9.47 Å². The normalized spacial score (nSPS) is 32.2. The molecular weight excluding hydrogens is 466 g/mol. The smallest absolute Gasteiger partial charge is 0.410 e.